The summed E-state index contributed by atoms with van der Waals surface area (Å²) in [7, 11) is 0. The fourth-order valence-electron chi connectivity index (χ4n) is 2.71. The number of carbonyl (C=O) groups is 3. The summed E-state index contributed by atoms with van der Waals surface area (Å²) in [6, 6.07) is 10.5. The van der Waals surface area contributed by atoms with Gasteiger partial charge in [-0.3, -0.25) is 19.3 Å². The maximum Gasteiger partial charge on any atom is 0.293 e. The number of nitrogens with zero attached hydrogens (tertiary/aromatic N) is 1. The Hall–Kier alpha value is -3.33. The van der Waals surface area contributed by atoms with Gasteiger partial charge in [0.25, 0.3) is 17.1 Å². The molecule has 2 aromatic carbocycles. The van der Waals surface area contributed by atoms with Crippen molar-refractivity contribution in [2.45, 2.75) is 13.5 Å². The molecule has 3 amide bonds. The van der Waals surface area contributed by atoms with Gasteiger partial charge in [-0.15, -0.1) is 0 Å². The van der Waals surface area contributed by atoms with E-state index >= 15 is 0 Å². The first-order chi connectivity index (χ1) is 14.4. The third-order valence-corrected chi connectivity index (χ3v) is 4.97. The number of rotatable bonds is 8. The van der Waals surface area contributed by atoms with Gasteiger partial charge in [0.1, 0.15) is 5.82 Å². The van der Waals surface area contributed by atoms with Gasteiger partial charge < -0.3 is 15.2 Å². The quantitative estimate of drug-likeness (QED) is 0.645. The summed E-state index contributed by atoms with van der Waals surface area (Å²) in [5, 5.41) is -0.401. The average Bonchev–Trinajstić information content (AvgIpc) is 2.96. The van der Waals surface area contributed by atoms with Crippen molar-refractivity contribution in [2.24, 2.45) is 5.73 Å². The second-order valence-corrected chi connectivity index (χ2v) is 7.28. The lowest BCUT2D eigenvalue weighted by Crippen LogP contribution is -2.27. The maximum absolute atomic E-state index is 13.1. The van der Waals surface area contributed by atoms with Gasteiger partial charge in [-0.05, 0) is 60.2 Å². The van der Waals surface area contributed by atoms with E-state index in [1.54, 1.807) is 31.2 Å². The molecule has 0 radical (unpaired) electrons. The van der Waals surface area contributed by atoms with Crippen LogP contribution in [0, 0.1) is 5.82 Å². The smallest absolute Gasteiger partial charge is 0.293 e. The summed E-state index contributed by atoms with van der Waals surface area (Å²) in [6.07, 6.45) is 1.58. The third kappa shape index (κ3) is 5.18. The molecule has 0 spiro atoms. The molecule has 156 valence electrons. The fourth-order valence-corrected chi connectivity index (χ4v) is 3.55. The van der Waals surface area contributed by atoms with E-state index in [9.17, 15) is 18.8 Å². The number of hydrogen-bond acceptors (Lipinski definition) is 6. The van der Waals surface area contributed by atoms with Crippen molar-refractivity contribution in [3.8, 4) is 11.5 Å². The Morgan fingerprint density at radius 1 is 1.13 bits per heavy atom. The predicted octanol–water partition coefficient (Wildman–Crippen LogP) is 3.33. The van der Waals surface area contributed by atoms with Gasteiger partial charge in [0.2, 0.25) is 0 Å². The van der Waals surface area contributed by atoms with E-state index in [1.165, 1.54) is 24.3 Å². The Morgan fingerprint density at radius 2 is 1.87 bits per heavy atom. The minimum Gasteiger partial charge on any atom is -0.490 e. The van der Waals surface area contributed by atoms with Gasteiger partial charge in [0.05, 0.1) is 18.1 Å². The molecule has 2 aromatic rings. The van der Waals surface area contributed by atoms with Gasteiger partial charge in [0, 0.05) is 0 Å². The molecule has 30 heavy (non-hydrogen) atoms. The first kappa shape index (κ1) is 21.4. The molecule has 1 saturated heterocycles. The molecule has 0 aliphatic carbocycles. The molecule has 9 heteroatoms. The molecule has 1 fully saturated rings. The zero-order valence-electron chi connectivity index (χ0n) is 16.1. The topological polar surface area (TPSA) is 98.9 Å². The third-order valence-electron chi connectivity index (χ3n) is 4.06. The Labute approximate surface area is 176 Å². The van der Waals surface area contributed by atoms with E-state index in [-0.39, 0.29) is 23.9 Å². The van der Waals surface area contributed by atoms with Crippen LogP contribution < -0.4 is 15.2 Å². The van der Waals surface area contributed by atoms with Gasteiger partial charge >= 0.3 is 0 Å². The van der Waals surface area contributed by atoms with Crippen LogP contribution in [0.25, 0.3) is 6.08 Å². The molecule has 3 rings (SSSR count). The van der Waals surface area contributed by atoms with Crippen LogP contribution in [0.4, 0.5) is 9.18 Å². The second-order valence-electron chi connectivity index (χ2n) is 6.29. The standard InChI is InChI=1S/C21H19FN2O5S/c1-2-28-17-9-14(5-8-16(17)29-12-19(23)25)10-18-20(26)24(21(27)30-18)11-13-3-6-15(22)7-4-13/h3-10H,2,11-12H2,1H3,(H2,23,25)/b18-10-. The van der Waals surface area contributed by atoms with Crippen molar-refractivity contribution < 1.29 is 28.2 Å². The lowest BCUT2D eigenvalue weighted by molar-refractivity contribution is -0.123. The average molecular weight is 430 g/mol. The molecule has 2 N–H and O–H groups in total. The number of carbonyl (C=O) groups excluding carboxylic acids is 3. The van der Waals surface area contributed by atoms with Gasteiger partial charge in [-0.2, -0.15) is 0 Å². The fraction of sp³-hybridized carbons (Fsp3) is 0.190. The van der Waals surface area contributed by atoms with Crippen LogP contribution in [-0.2, 0) is 16.1 Å². The van der Waals surface area contributed by atoms with Crippen molar-refractivity contribution in [3.05, 3.63) is 64.3 Å². The first-order valence-corrected chi connectivity index (χ1v) is 9.86. The van der Waals surface area contributed by atoms with Crippen LogP contribution in [0.2, 0.25) is 0 Å². The highest BCUT2D eigenvalue weighted by molar-refractivity contribution is 8.18. The maximum atomic E-state index is 13.1. The Bertz CT molecular complexity index is 1010. The van der Waals surface area contributed by atoms with E-state index in [0.29, 0.717) is 29.2 Å². The lowest BCUT2D eigenvalue weighted by Gasteiger charge is -2.12. The number of primary amides is 1. The number of ether oxygens (including phenoxy) is 2. The largest absolute Gasteiger partial charge is 0.490 e. The summed E-state index contributed by atoms with van der Waals surface area (Å²) in [4.78, 5) is 37.3. The summed E-state index contributed by atoms with van der Waals surface area (Å²) in [6.45, 7) is 1.93. The molecule has 1 aliphatic rings. The highest BCUT2D eigenvalue weighted by Gasteiger charge is 2.35. The van der Waals surface area contributed by atoms with E-state index in [4.69, 9.17) is 15.2 Å². The van der Waals surface area contributed by atoms with Crippen LogP contribution in [-0.4, -0.2) is 35.2 Å². The predicted molar refractivity (Wildman–Crippen MR) is 110 cm³/mol. The minimum absolute atomic E-state index is 0.0619. The Kier molecular flexibility index (Phi) is 6.73. The second kappa shape index (κ2) is 9.45. The number of halogens is 1. The SMILES string of the molecule is CCOc1cc(/C=C2\SC(=O)N(Cc3ccc(F)cc3)C2=O)ccc1OCC(N)=O. The molecule has 7 nitrogen and oxygen atoms in total. The highest BCUT2D eigenvalue weighted by atomic mass is 32.2. The van der Waals surface area contributed by atoms with E-state index in [2.05, 4.69) is 0 Å². The van der Waals surface area contributed by atoms with Gasteiger partial charge in [-0.1, -0.05) is 18.2 Å². The molecule has 0 aromatic heterocycles. The minimum atomic E-state index is -0.614. The number of benzene rings is 2. The Balaban J connectivity index is 1.79. The highest BCUT2D eigenvalue weighted by Crippen LogP contribution is 2.35. The summed E-state index contributed by atoms with van der Waals surface area (Å²) in [5.74, 6) is -0.700. The monoisotopic (exact) mass is 430 g/mol. The van der Waals surface area contributed by atoms with Crippen molar-refractivity contribution in [1.29, 1.82) is 0 Å². The zero-order valence-corrected chi connectivity index (χ0v) is 16.9. The van der Waals surface area contributed by atoms with E-state index in [1.807, 2.05) is 0 Å². The summed E-state index contributed by atoms with van der Waals surface area (Å²) in [5.41, 5.74) is 6.37. The van der Waals surface area contributed by atoms with Gasteiger partial charge in [-0.25, -0.2) is 4.39 Å². The van der Waals surface area contributed by atoms with Crippen LogP contribution >= 0.6 is 11.8 Å². The molecular weight excluding hydrogens is 411 g/mol. The molecule has 0 unspecified atom stereocenters. The molecular formula is C21H19FN2O5S. The van der Waals surface area contributed by atoms with Crippen molar-refractivity contribution in [2.75, 3.05) is 13.2 Å². The molecule has 0 atom stereocenters. The molecule has 0 bridgehead atoms. The van der Waals surface area contributed by atoms with Crippen molar-refractivity contribution in [3.63, 3.8) is 0 Å². The Morgan fingerprint density at radius 3 is 2.53 bits per heavy atom. The lowest BCUT2D eigenvalue weighted by atomic mass is 10.1. The van der Waals surface area contributed by atoms with E-state index < -0.39 is 17.1 Å². The molecule has 1 heterocycles. The van der Waals surface area contributed by atoms with Crippen LogP contribution in [0.3, 0.4) is 0 Å². The van der Waals surface area contributed by atoms with E-state index in [0.717, 1.165) is 16.7 Å². The molecule has 0 saturated carbocycles. The zero-order chi connectivity index (χ0) is 21.7. The summed E-state index contributed by atoms with van der Waals surface area (Å²) < 4.78 is 23.9. The van der Waals surface area contributed by atoms with Crippen molar-refractivity contribution >= 4 is 34.9 Å². The molecule has 1 aliphatic heterocycles. The van der Waals surface area contributed by atoms with Crippen molar-refractivity contribution in [1.82, 2.24) is 4.90 Å². The first-order valence-electron chi connectivity index (χ1n) is 9.05. The normalized spacial score (nSPS) is 15.0. The van der Waals surface area contributed by atoms with Crippen LogP contribution in [0.15, 0.2) is 47.4 Å². The number of nitrogens with two attached hydrogens (primary N) is 1. The van der Waals surface area contributed by atoms with Crippen LogP contribution in [0.5, 0.6) is 11.5 Å². The number of imide groups is 1. The van der Waals surface area contributed by atoms with Crippen LogP contribution in [0.1, 0.15) is 18.1 Å². The summed E-state index contributed by atoms with van der Waals surface area (Å²) >= 11 is 0.828. The number of hydrogen-bond donors (Lipinski definition) is 1. The number of amides is 3. The van der Waals surface area contributed by atoms with Gasteiger partial charge in [0.15, 0.2) is 18.1 Å². The number of thioether (sulfide) groups is 1.